The lowest BCUT2D eigenvalue weighted by Crippen LogP contribution is -2.13. The van der Waals surface area contributed by atoms with Crippen LogP contribution in [0.3, 0.4) is 0 Å². The molecule has 6 heteroatoms. The Hall–Kier alpha value is -2.52. The van der Waals surface area contributed by atoms with Crippen LogP contribution in [-0.2, 0) is 11.2 Å². The van der Waals surface area contributed by atoms with Crippen molar-refractivity contribution in [2.45, 2.75) is 34.1 Å². The summed E-state index contributed by atoms with van der Waals surface area (Å²) in [6.07, 6.45) is 2.39. The first-order valence-electron chi connectivity index (χ1n) is 7.28. The highest BCUT2D eigenvalue weighted by atomic mass is 32.1. The SMILES string of the molecule is CCc1nnc(NC(=O)C(C#N)=Cc2c(C)cc(C)cc2C)s1. The fourth-order valence-corrected chi connectivity index (χ4v) is 3.00. The van der Waals surface area contributed by atoms with Crippen molar-refractivity contribution in [2.24, 2.45) is 0 Å². The van der Waals surface area contributed by atoms with Crippen LogP contribution in [0.2, 0.25) is 0 Å². The summed E-state index contributed by atoms with van der Waals surface area (Å²) in [5, 5.41) is 21.0. The smallest absolute Gasteiger partial charge is 0.268 e. The van der Waals surface area contributed by atoms with Gasteiger partial charge in [-0.15, -0.1) is 10.2 Å². The van der Waals surface area contributed by atoms with Crippen molar-refractivity contribution >= 4 is 28.5 Å². The monoisotopic (exact) mass is 326 g/mol. The van der Waals surface area contributed by atoms with E-state index in [9.17, 15) is 10.1 Å². The zero-order valence-corrected chi connectivity index (χ0v) is 14.4. The maximum absolute atomic E-state index is 12.3. The summed E-state index contributed by atoms with van der Waals surface area (Å²) < 4.78 is 0. The summed E-state index contributed by atoms with van der Waals surface area (Å²) in [6, 6.07) is 6.03. The maximum atomic E-state index is 12.3. The Labute approximate surface area is 139 Å². The van der Waals surface area contributed by atoms with E-state index in [1.807, 2.05) is 45.9 Å². The normalized spacial score (nSPS) is 11.2. The number of aromatic nitrogens is 2. The zero-order valence-electron chi connectivity index (χ0n) is 13.6. The van der Waals surface area contributed by atoms with Crippen molar-refractivity contribution in [2.75, 3.05) is 5.32 Å². The van der Waals surface area contributed by atoms with Gasteiger partial charge in [-0.25, -0.2) is 0 Å². The van der Waals surface area contributed by atoms with E-state index in [0.29, 0.717) is 5.13 Å². The van der Waals surface area contributed by atoms with E-state index < -0.39 is 5.91 Å². The Balaban J connectivity index is 2.28. The van der Waals surface area contributed by atoms with Crippen LogP contribution in [0, 0.1) is 32.1 Å². The summed E-state index contributed by atoms with van der Waals surface area (Å²) in [6.45, 7) is 7.93. The minimum Gasteiger partial charge on any atom is -0.296 e. The lowest BCUT2D eigenvalue weighted by molar-refractivity contribution is -0.112. The van der Waals surface area contributed by atoms with Gasteiger partial charge in [-0.2, -0.15) is 5.26 Å². The van der Waals surface area contributed by atoms with Crippen LogP contribution in [-0.4, -0.2) is 16.1 Å². The standard InChI is InChI=1S/C17H18N4OS/c1-5-15-20-21-17(23-15)19-16(22)13(9-18)8-14-11(3)6-10(2)7-12(14)4/h6-8H,5H2,1-4H3,(H,19,21,22). The van der Waals surface area contributed by atoms with Crippen LogP contribution >= 0.6 is 11.3 Å². The number of carbonyl (C=O) groups excluding carboxylic acids is 1. The zero-order chi connectivity index (χ0) is 17.0. The average Bonchev–Trinajstić information content (AvgIpc) is 2.94. The molecule has 1 aromatic heterocycles. The van der Waals surface area contributed by atoms with Gasteiger partial charge in [-0.1, -0.05) is 36.0 Å². The van der Waals surface area contributed by atoms with Gasteiger partial charge in [0.2, 0.25) is 5.13 Å². The van der Waals surface area contributed by atoms with Gasteiger partial charge >= 0.3 is 0 Å². The van der Waals surface area contributed by atoms with Crippen molar-refractivity contribution in [1.29, 1.82) is 5.26 Å². The molecule has 0 saturated carbocycles. The Morgan fingerprint density at radius 1 is 1.30 bits per heavy atom. The molecule has 0 aliphatic rings. The van der Waals surface area contributed by atoms with Crippen LogP contribution in [0.5, 0.6) is 0 Å². The van der Waals surface area contributed by atoms with Gasteiger partial charge in [0.15, 0.2) is 0 Å². The molecule has 0 unspecified atom stereocenters. The number of nitrogens with zero attached hydrogens (tertiary/aromatic N) is 3. The molecule has 1 heterocycles. The van der Waals surface area contributed by atoms with Crippen LogP contribution in [0.15, 0.2) is 17.7 Å². The largest absolute Gasteiger partial charge is 0.296 e. The predicted octanol–water partition coefficient (Wildman–Crippen LogP) is 3.57. The van der Waals surface area contributed by atoms with Gasteiger partial charge in [-0.05, 0) is 50.0 Å². The number of benzene rings is 1. The molecule has 5 nitrogen and oxygen atoms in total. The molecule has 2 rings (SSSR count). The molecule has 1 N–H and O–H groups in total. The summed E-state index contributed by atoms with van der Waals surface area (Å²) in [5.41, 5.74) is 4.17. The molecule has 0 bridgehead atoms. The third kappa shape index (κ3) is 4.02. The molecular weight excluding hydrogens is 308 g/mol. The Kier molecular flexibility index (Phi) is 5.24. The van der Waals surface area contributed by atoms with Crippen LogP contribution in [0.1, 0.15) is 34.2 Å². The second-order valence-electron chi connectivity index (χ2n) is 5.29. The van der Waals surface area contributed by atoms with Crippen LogP contribution < -0.4 is 5.32 Å². The first-order valence-corrected chi connectivity index (χ1v) is 8.09. The number of nitrogens with one attached hydrogen (secondary N) is 1. The van der Waals surface area contributed by atoms with E-state index in [2.05, 4.69) is 15.5 Å². The van der Waals surface area contributed by atoms with Crippen molar-refractivity contribution in [3.05, 3.63) is 45.0 Å². The Morgan fingerprint density at radius 3 is 2.48 bits per heavy atom. The topological polar surface area (TPSA) is 78.7 Å². The number of rotatable bonds is 4. The summed E-state index contributed by atoms with van der Waals surface area (Å²) in [5.74, 6) is -0.467. The number of carbonyl (C=O) groups is 1. The molecule has 0 aliphatic carbocycles. The molecule has 0 fully saturated rings. The highest BCUT2D eigenvalue weighted by Gasteiger charge is 2.13. The lowest BCUT2D eigenvalue weighted by Gasteiger charge is -2.08. The molecule has 0 spiro atoms. The molecule has 0 saturated heterocycles. The minimum absolute atomic E-state index is 0.0494. The average molecular weight is 326 g/mol. The first kappa shape index (κ1) is 16.8. The van der Waals surface area contributed by atoms with Crippen molar-refractivity contribution in [1.82, 2.24) is 10.2 Å². The highest BCUT2D eigenvalue weighted by Crippen LogP contribution is 2.21. The van der Waals surface area contributed by atoms with Gasteiger partial charge in [-0.3, -0.25) is 10.1 Å². The van der Waals surface area contributed by atoms with E-state index in [0.717, 1.165) is 33.7 Å². The minimum atomic E-state index is -0.467. The Bertz CT molecular complexity index is 791. The van der Waals surface area contributed by atoms with E-state index >= 15 is 0 Å². The van der Waals surface area contributed by atoms with Crippen molar-refractivity contribution in [3.8, 4) is 6.07 Å². The third-order valence-corrected chi connectivity index (χ3v) is 4.36. The predicted molar refractivity (Wildman–Crippen MR) is 92.2 cm³/mol. The second kappa shape index (κ2) is 7.16. The van der Waals surface area contributed by atoms with E-state index in [1.54, 1.807) is 6.08 Å². The van der Waals surface area contributed by atoms with E-state index in [-0.39, 0.29) is 5.57 Å². The van der Waals surface area contributed by atoms with Gasteiger partial charge in [0, 0.05) is 0 Å². The number of hydrogen-bond donors (Lipinski definition) is 1. The number of aryl methyl sites for hydroxylation is 4. The molecule has 0 radical (unpaired) electrons. The number of hydrogen-bond acceptors (Lipinski definition) is 5. The second-order valence-corrected chi connectivity index (χ2v) is 6.35. The number of anilines is 1. The molecule has 23 heavy (non-hydrogen) atoms. The molecule has 2 aromatic rings. The lowest BCUT2D eigenvalue weighted by atomic mass is 9.98. The molecular formula is C17H18N4OS. The van der Waals surface area contributed by atoms with E-state index in [4.69, 9.17) is 0 Å². The third-order valence-electron chi connectivity index (χ3n) is 3.38. The molecule has 1 amide bonds. The molecule has 0 atom stereocenters. The molecule has 118 valence electrons. The van der Waals surface area contributed by atoms with Gasteiger partial charge in [0.05, 0.1) is 0 Å². The highest BCUT2D eigenvalue weighted by molar-refractivity contribution is 7.15. The number of nitriles is 1. The van der Waals surface area contributed by atoms with Gasteiger partial charge < -0.3 is 0 Å². The van der Waals surface area contributed by atoms with Crippen molar-refractivity contribution < 1.29 is 4.79 Å². The van der Waals surface area contributed by atoms with E-state index in [1.165, 1.54) is 11.3 Å². The van der Waals surface area contributed by atoms with Crippen LogP contribution in [0.25, 0.3) is 6.08 Å². The summed E-state index contributed by atoms with van der Waals surface area (Å²) in [7, 11) is 0. The van der Waals surface area contributed by atoms with Crippen molar-refractivity contribution in [3.63, 3.8) is 0 Å². The first-order chi connectivity index (χ1) is 10.9. The fourth-order valence-electron chi connectivity index (χ4n) is 2.32. The van der Waals surface area contributed by atoms with Gasteiger partial charge in [0.1, 0.15) is 16.6 Å². The Morgan fingerprint density at radius 2 is 1.96 bits per heavy atom. The summed E-state index contributed by atoms with van der Waals surface area (Å²) in [4.78, 5) is 12.3. The maximum Gasteiger partial charge on any atom is 0.268 e. The number of amides is 1. The molecule has 1 aromatic carbocycles. The fraction of sp³-hybridized carbons (Fsp3) is 0.294. The quantitative estimate of drug-likeness (QED) is 0.688. The van der Waals surface area contributed by atoms with Gasteiger partial charge in [0.25, 0.3) is 5.91 Å². The summed E-state index contributed by atoms with van der Waals surface area (Å²) >= 11 is 1.31. The molecule has 0 aliphatic heterocycles. The van der Waals surface area contributed by atoms with Crippen LogP contribution in [0.4, 0.5) is 5.13 Å².